The van der Waals surface area contributed by atoms with Gasteiger partial charge in [-0.05, 0) is 59.2 Å². The van der Waals surface area contributed by atoms with Gasteiger partial charge in [0.1, 0.15) is 17.4 Å². The number of hydrogen-bond donors (Lipinski definition) is 1. The minimum atomic E-state index is -0.525. The van der Waals surface area contributed by atoms with E-state index in [9.17, 15) is 8.78 Å². The number of ether oxygens (including phenoxy) is 1. The highest BCUT2D eigenvalue weighted by Gasteiger charge is 2.17. The molecule has 0 fully saturated rings. The molecule has 0 saturated heterocycles. The van der Waals surface area contributed by atoms with E-state index in [4.69, 9.17) is 4.74 Å². The highest BCUT2D eigenvalue weighted by atomic mass is 79.9. The molecule has 21 heavy (non-hydrogen) atoms. The Bertz CT molecular complexity index is 613. The molecule has 1 atom stereocenters. The number of hydrogen-bond acceptors (Lipinski definition) is 2. The van der Waals surface area contributed by atoms with Crippen molar-refractivity contribution < 1.29 is 13.5 Å². The highest BCUT2D eigenvalue weighted by molar-refractivity contribution is 9.10. The van der Waals surface area contributed by atoms with Crippen LogP contribution in [0.25, 0.3) is 0 Å². The maximum Gasteiger partial charge on any atom is 0.133 e. The van der Waals surface area contributed by atoms with E-state index in [1.807, 2.05) is 18.2 Å². The van der Waals surface area contributed by atoms with E-state index in [0.29, 0.717) is 5.75 Å². The third kappa shape index (κ3) is 3.60. The van der Waals surface area contributed by atoms with Crippen LogP contribution in [0.1, 0.15) is 17.2 Å². The molecule has 0 heterocycles. The van der Waals surface area contributed by atoms with E-state index in [2.05, 4.69) is 21.2 Å². The predicted octanol–water partition coefficient (Wildman–Crippen LogP) is 4.24. The van der Waals surface area contributed by atoms with Crippen LogP contribution < -0.4 is 10.1 Å². The van der Waals surface area contributed by atoms with Crippen molar-refractivity contribution in [2.45, 2.75) is 12.5 Å². The van der Waals surface area contributed by atoms with Crippen molar-refractivity contribution in [2.24, 2.45) is 0 Å². The molecule has 2 nitrogen and oxygen atoms in total. The fraction of sp³-hybridized carbons (Fsp3) is 0.250. The van der Waals surface area contributed by atoms with Gasteiger partial charge in [-0.2, -0.15) is 0 Å². The molecule has 0 bridgehead atoms. The van der Waals surface area contributed by atoms with Crippen molar-refractivity contribution in [1.29, 1.82) is 0 Å². The molecule has 0 saturated carbocycles. The summed E-state index contributed by atoms with van der Waals surface area (Å²) in [6, 6.07) is 9.30. The molecule has 2 aromatic rings. The first kappa shape index (κ1) is 15.9. The minimum Gasteiger partial charge on any atom is -0.496 e. The molecule has 2 rings (SSSR count). The van der Waals surface area contributed by atoms with Crippen LogP contribution in [0, 0.1) is 11.6 Å². The van der Waals surface area contributed by atoms with Crippen molar-refractivity contribution in [1.82, 2.24) is 5.32 Å². The number of nitrogens with one attached hydrogen (secondary N) is 1. The third-order valence-corrected chi connectivity index (χ3v) is 4.02. The van der Waals surface area contributed by atoms with Gasteiger partial charge in [0, 0.05) is 11.6 Å². The minimum absolute atomic E-state index is 0.0868. The Morgan fingerprint density at radius 3 is 2.38 bits per heavy atom. The number of benzene rings is 2. The van der Waals surface area contributed by atoms with Crippen LogP contribution in [0.5, 0.6) is 5.75 Å². The van der Waals surface area contributed by atoms with E-state index in [-0.39, 0.29) is 18.0 Å². The van der Waals surface area contributed by atoms with Crippen LogP contribution in [0.3, 0.4) is 0 Å². The molecular formula is C16H16BrF2NO. The lowest BCUT2D eigenvalue weighted by molar-refractivity contribution is 0.411. The zero-order valence-corrected chi connectivity index (χ0v) is 13.4. The smallest absolute Gasteiger partial charge is 0.133 e. The molecule has 0 amide bonds. The Morgan fingerprint density at radius 1 is 1.19 bits per heavy atom. The zero-order valence-electron chi connectivity index (χ0n) is 11.8. The summed E-state index contributed by atoms with van der Waals surface area (Å²) >= 11 is 3.42. The van der Waals surface area contributed by atoms with Crippen molar-refractivity contribution in [3.05, 3.63) is 63.6 Å². The summed E-state index contributed by atoms with van der Waals surface area (Å²) in [4.78, 5) is 0. The second-order valence-corrected chi connectivity index (χ2v) is 5.49. The molecule has 0 aliphatic carbocycles. The van der Waals surface area contributed by atoms with Gasteiger partial charge in [-0.3, -0.25) is 0 Å². The lowest BCUT2D eigenvalue weighted by Crippen LogP contribution is -2.20. The second kappa shape index (κ2) is 7.00. The Kier molecular flexibility index (Phi) is 5.31. The lowest BCUT2D eigenvalue weighted by Gasteiger charge is -2.18. The van der Waals surface area contributed by atoms with Crippen molar-refractivity contribution in [3.63, 3.8) is 0 Å². The van der Waals surface area contributed by atoms with Gasteiger partial charge in [0.25, 0.3) is 0 Å². The second-order valence-electron chi connectivity index (χ2n) is 4.64. The number of likely N-dealkylation sites (N-methyl/N-ethyl adjacent to an activating group) is 1. The van der Waals surface area contributed by atoms with Gasteiger partial charge in [0.05, 0.1) is 11.6 Å². The van der Waals surface area contributed by atoms with E-state index in [1.54, 1.807) is 14.2 Å². The maximum atomic E-state index is 13.8. The van der Waals surface area contributed by atoms with E-state index in [0.717, 1.165) is 10.0 Å². The molecule has 0 spiro atoms. The summed E-state index contributed by atoms with van der Waals surface area (Å²) in [5.74, 6) is -0.337. The average Bonchev–Trinajstić information content (AvgIpc) is 2.47. The summed E-state index contributed by atoms with van der Waals surface area (Å²) < 4.78 is 33.5. The Morgan fingerprint density at radius 2 is 1.86 bits per heavy atom. The lowest BCUT2D eigenvalue weighted by atomic mass is 9.98. The Balaban J connectivity index is 2.30. The molecule has 1 unspecified atom stereocenters. The van der Waals surface area contributed by atoms with Gasteiger partial charge in [0.15, 0.2) is 0 Å². The molecule has 0 aromatic heterocycles. The summed E-state index contributed by atoms with van der Waals surface area (Å²) in [7, 11) is 3.35. The molecule has 1 N–H and O–H groups in total. The Labute approximate surface area is 131 Å². The Hall–Kier alpha value is -1.46. The topological polar surface area (TPSA) is 21.3 Å². The molecule has 112 valence electrons. The summed E-state index contributed by atoms with van der Waals surface area (Å²) in [5.41, 5.74) is 1.01. The van der Waals surface area contributed by atoms with Gasteiger partial charge >= 0.3 is 0 Å². The highest BCUT2D eigenvalue weighted by Crippen LogP contribution is 2.30. The first-order valence-corrected chi connectivity index (χ1v) is 7.29. The van der Waals surface area contributed by atoms with E-state index < -0.39 is 11.6 Å². The van der Waals surface area contributed by atoms with Crippen LogP contribution >= 0.6 is 15.9 Å². The molecule has 0 aliphatic heterocycles. The van der Waals surface area contributed by atoms with Crippen LogP contribution in [0.4, 0.5) is 8.78 Å². The average molecular weight is 356 g/mol. The van der Waals surface area contributed by atoms with Crippen molar-refractivity contribution in [3.8, 4) is 5.75 Å². The summed E-state index contributed by atoms with van der Waals surface area (Å²) in [6.45, 7) is 0. The van der Waals surface area contributed by atoms with Crippen molar-refractivity contribution in [2.75, 3.05) is 14.2 Å². The van der Waals surface area contributed by atoms with E-state index in [1.165, 1.54) is 18.2 Å². The quantitative estimate of drug-likeness (QED) is 0.865. The van der Waals surface area contributed by atoms with Crippen LogP contribution in [-0.4, -0.2) is 14.2 Å². The summed E-state index contributed by atoms with van der Waals surface area (Å²) in [6.07, 6.45) is 0.230. The summed E-state index contributed by atoms with van der Waals surface area (Å²) in [5, 5.41) is 3.09. The van der Waals surface area contributed by atoms with E-state index >= 15 is 0 Å². The van der Waals surface area contributed by atoms with Gasteiger partial charge in [-0.25, -0.2) is 8.78 Å². The molecule has 0 radical (unpaired) electrons. The van der Waals surface area contributed by atoms with Crippen LogP contribution in [0.15, 0.2) is 40.9 Å². The maximum absolute atomic E-state index is 13.8. The molecule has 2 aromatic carbocycles. The van der Waals surface area contributed by atoms with Crippen LogP contribution in [-0.2, 0) is 6.42 Å². The third-order valence-electron chi connectivity index (χ3n) is 3.40. The first-order chi connectivity index (χ1) is 10.1. The number of rotatable bonds is 5. The SMILES string of the molecule is CNC(Cc1c(F)cccc1F)c1ccc(OC)c(Br)c1. The standard InChI is InChI=1S/C16H16BrF2NO/c1-20-15(9-11-13(18)4-3-5-14(11)19)10-6-7-16(21-2)12(17)8-10/h3-8,15,20H,9H2,1-2H3. The number of methoxy groups -OCH3 is 1. The monoisotopic (exact) mass is 355 g/mol. The number of halogens is 3. The zero-order chi connectivity index (χ0) is 15.4. The van der Waals surface area contributed by atoms with Gasteiger partial charge in [0.2, 0.25) is 0 Å². The van der Waals surface area contributed by atoms with Gasteiger partial charge < -0.3 is 10.1 Å². The largest absolute Gasteiger partial charge is 0.496 e. The molecular weight excluding hydrogens is 340 g/mol. The van der Waals surface area contributed by atoms with Gasteiger partial charge in [-0.1, -0.05) is 12.1 Å². The molecule has 0 aliphatic rings. The normalized spacial score (nSPS) is 12.2. The predicted molar refractivity (Wildman–Crippen MR) is 82.6 cm³/mol. The van der Waals surface area contributed by atoms with Crippen molar-refractivity contribution >= 4 is 15.9 Å². The van der Waals surface area contributed by atoms with Crippen LogP contribution in [0.2, 0.25) is 0 Å². The van der Waals surface area contributed by atoms with Gasteiger partial charge in [-0.15, -0.1) is 0 Å². The fourth-order valence-corrected chi connectivity index (χ4v) is 2.78. The fourth-order valence-electron chi connectivity index (χ4n) is 2.22. The molecule has 5 heteroatoms. The first-order valence-electron chi connectivity index (χ1n) is 6.50.